The first-order valence-electron chi connectivity index (χ1n) is 6.23. The highest BCUT2D eigenvalue weighted by atomic mass is 79.9. The Kier molecular flexibility index (Phi) is 4.82. The molecule has 0 spiro atoms. The van der Waals surface area contributed by atoms with Crippen LogP contribution in [0.2, 0.25) is 5.02 Å². The highest BCUT2D eigenvalue weighted by Crippen LogP contribution is 2.35. The summed E-state index contributed by atoms with van der Waals surface area (Å²) >= 11 is 9.71. The van der Waals surface area contributed by atoms with Crippen LogP contribution < -0.4 is 0 Å². The van der Waals surface area contributed by atoms with Crippen LogP contribution in [0.4, 0.5) is 8.78 Å². The van der Waals surface area contributed by atoms with Crippen LogP contribution in [0.5, 0.6) is 0 Å². The Balaban J connectivity index is 2.33. The van der Waals surface area contributed by atoms with Crippen LogP contribution in [-0.4, -0.2) is 0 Å². The van der Waals surface area contributed by atoms with Crippen LogP contribution in [-0.2, 0) is 6.42 Å². The Morgan fingerprint density at radius 1 is 1.10 bits per heavy atom. The Bertz CT molecular complexity index is 620. The van der Waals surface area contributed by atoms with Gasteiger partial charge in [0, 0.05) is 15.4 Å². The number of alkyl halides is 1. The number of hydrogen-bond acceptors (Lipinski definition) is 0. The van der Waals surface area contributed by atoms with Crippen molar-refractivity contribution in [1.82, 2.24) is 0 Å². The molecule has 106 valence electrons. The Morgan fingerprint density at radius 3 is 2.25 bits per heavy atom. The second-order valence-electron chi connectivity index (χ2n) is 4.83. The Hall–Kier alpha value is -0.930. The number of rotatable bonds is 3. The number of halogens is 4. The quantitative estimate of drug-likeness (QED) is 0.597. The molecule has 1 atom stereocenters. The second-order valence-corrected chi connectivity index (χ2v) is 6.34. The standard InChI is InChI=1S/C16H14BrClF2/c1-9-6-11(14(18)7-10(9)2)13(17)8-12-15(19)4-3-5-16(12)20/h3-7,13H,8H2,1-2H3. The average molecular weight is 360 g/mol. The van der Waals surface area contributed by atoms with E-state index in [2.05, 4.69) is 15.9 Å². The Labute approximate surface area is 130 Å². The zero-order chi connectivity index (χ0) is 14.9. The van der Waals surface area contributed by atoms with Crippen molar-refractivity contribution in [3.05, 3.63) is 69.2 Å². The van der Waals surface area contributed by atoms with Gasteiger partial charge < -0.3 is 0 Å². The molecule has 0 radical (unpaired) electrons. The van der Waals surface area contributed by atoms with E-state index in [1.54, 1.807) is 0 Å². The average Bonchev–Trinajstić information content (AvgIpc) is 2.38. The lowest BCUT2D eigenvalue weighted by molar-refractivity contribution is 0.554. The Morgan fingerprint density at radius 2 is 1.65 bits per heavy atom. The van der Waals surface area contributed by atoms with Gasteiger partial charge in [-0.25, -0.2) is 8.78 Å². The summed E-state index contributed by atoms with van der Waals surface area (Å²) in [4.78, 5) is -0.235. The molecule has 0 amide bonds. The minimum atomic E-state index is -0.533. The molecule has 1 unspecified atom stereocenters. The summed E-state index contributed by atoms with van der Waals surface area (Å²) in [5.41, 5.74) is 3.11. The van der Waals surface area contributed by atoms with Crippen LogP contribution >= 0.6 is 27.5 Å². The zero-order valence-corrected chi connectivity index (χ0v) is 13.5. The molecule has 0 N–H and O–H groups in total. The van der Waals surface area contributed by atoms with Crippen molar-refractivity contribution in [1.29, 1.82) is 0 Å². The molecule has 2 aromatic rings. The van der Waals surface area contributed by atoms with Gasteiger partial charge >= 0.3 is 0 Å². The monoisotopic (exact) mass is 358 g/mol. The van der Waals surface area contributed by atoms with Crippen LogP contribution in [0.15, 0.2) is 30.3 Å². The maximum Gasteiger partial charge on any atom is 0.129 e. The molecular formula is C16H14BrClF2. The molecule has 0 nitrogen and oxygen atoms in total. The van der Waals surface area contributed by atoms with E-state index in [-0.39, 0.29) is 16.8 Å². The van der Waals surface area contributed by atoms with Crippen molar-refractivity contribution in [2.45, 2.75) is 25.1 Å². The normalized spacial score (nSPS) is 12.5. The van der Waals surface area contributed by atoms with Crippen molar-refractivity contribution in [3.8, 4) is 0 Å². The van der Waals surface area contributed by atoms with Crippen molar-refractivity contribution in [2.24, 2.45) is 0 Å². The van der Waals surface area contributed by atoms with Crippen LogP contribution in [0.1, 0.15) is 27.1 Å². The van der Waals surface area contributed by atoms with Gasteiger partial charge in [-0.05, 0) is 55.2 Å². The lowest BCUT2D eigenvalue weighted by Gasteiger charge is -2.15. The number of aryl methyl sites for hydroxylation is 2. The predicted octanol–water partition coefficient (Wildman–Crippen LogP) is 5.91. The fourth-order valence-corrected chi connectivity index (χ4v) is 3.24. The maximum atomic E-state index is 13.7. The molecule has 0 aromatic heterocycles. The summed E-state index contributed by atoms with van der Waals surface area (Å²) in [5.74, 6) is -1.07. The van der Waals surface area contributed by atoms with E-state index in [0.717, 1.165) is 16.7 Å². The van der Waals surface area contributed by atoms with E-state index in [9.17, 15) is 8.78 Å². The van der Waals surface area contributed by atoms with Gasteiger partial charge in [0.2, 0.25) is 0 Å². The molecule has 2 aromatic carbocycles. The van der Waals surface area contributed by atoms with Crippen molar-refractivity contribution < 1.29 is 8.78 Å². The lowest BCUT2D eigenvalue weighted by Crippen LogP contribution is -2.02. The van der Waals surface area contributed by atoms with E-state index in [1.165, 1.54) is 18.2 Å². The molecule has 4 heteroatoms. The first-order valence-corrected chi connectivity index (χ1v) is 7.53. The van der Waals surface area contributed by atoms with E-state index in [1.807, 2.05) is 26.0 Å². The third-order valence-corrected chi connectivity index (χ3v) is 4.54. The summed E-state index contributed by atoms with van der Waals surface area (Å²) in [7, 11) is 0. The van der Waals surface area contributed by atoms with Gasteiger partial charge in [-0.2, -0.15) is 0 Å². The molecule has 0 heterocycles. The number of benzene rings is 2. The molecule has 2 rings (SSSR count). The summed E-state index contributed by atoms with van der Waals surface area (Å²) in [6.07, 6.45) is 0.209. The predicted molar refractivity (Wildman–Crippen MR) is 82.7 cm³/mol. The molecular weight excluding hydrogens is 346 g/mol. The molecule has 0 aliphatic carbocycles. The summed E-state index contributed by atoms with van der Waals surface area (Å²) in [6, 6.07) is 7.72. The van der Waals surface area contributed by atoms with Crippen molar-refractivity contribution in [2.75, 3.05) is 0 Å². The third kappa shape index (κ3) is 3.21. The van der Waals surface area contributed by atoms with Crippen molar-refractivity contribution in [3.63, 3.8) is 0 Å². The SMILES string of the molecule is Cc1cc(Cl)c(C(Br)Cc2c(F)cccc2F)cc1C. The molecule has 0 saturated carbocycles. The molecule has 0 saturated heterocycles. The highest BCUT2D eigenvalue weighted by Gasteiger charge is 2.18. The van der Waals surface area contributed by atoms with E-state index < -0.39 is 11.6 Å². The molecule has 0 aliphatic rings. The van der Waals surface area contributed by atoms with E-state index in [0.29, 0.717) is 5.02 Å². The lowest BCUT2D eigenvalue weighted by atomic mass is 9.99. The molecule has 0 fully saturated rings. The van der Waals surface area contributed by atoms with Gasteiger partial charge in [-0.1, -0.05) is 39.7 Å². The second kappa shape index (κ2) is 6.23. The molecule has 0 aliphatic heterocycles. The fraction of sp³-hybridized carbons (Fsp3) is 0.250. The third-order valence-electron chi connectivity index (χ3n) is 3.40. The molecule has 0 bridgehead atoms. The van der Waals surface area contributed by atoms with Gasteiger partial charge in [-0.15, -0.1) is 0 Å². The fourth-order valence-electron chi connectivity index (χ4n) is 2.06. The largest absolute Gasteiger partial charge is 0.207 e. The van der Waals surface area contributed by atoms with E-state index in [4.69, 9.17) is 11.6 Å². The minimum Gasteiger partial charge on any atom is -0.207 e. The van der Waals surface area contributed by atoms with Gasteiger partial charge in [0.05, 0.1) is 0 Å². The van der Waals surface area contributed by atoms with Crippen LogP contribution in [0, 0.1) is 25.5 Å². The smallest absolute Gasteiger partial charge is 0.129 e. The number of hydrogen-bond donors (Lipinski definition) is 0. The van der Waals surface area contributed by atoms with Crippen LogP contribution in [0.25, 0.3) is 0 Å². The van der Waals surface area contributed by atoms with Gasteiger partial charge in [0.15, 0.2) is 0 Å². The topological polar surface area (TPSA) is 0 Å². The summed E-state index contributed by atoms with van der Waals surface area (Å²) < 4.78 is 27.4. The first kappa shape index (κ1) is 15.5. The van der Waals surface area contributed by atoms with Gasteiger partial charge in [0.1, 0.15) is 11.6 Å². The zero-order valence-electron chi connectivity index (χ0n) is 11.2. The maximum absolute atomic E-state index is 13.7. The van der Waals surface area contributed by atoms with Crippen LogP contribution in [0.3, 0.4) is 0 Å². The summed E-state index contributed by atoms with van der Waals surface area (Å²) in [5, 5.41) is 0.603. The summed E-state index contributed by atoms with van der Waals surface area (Å²) in [6.45, 7) is 3.96. The van der Waals surface area contributed by atoms with Gasteiger partial charge in [-0.3, -0.25) is 0 Å². The van der Waals surface area contributed by atoms with Crippen molar-refractivity contribution >= 4 is 27.5 Å². The van der Waals surface area contributed by atoms with E-state index >= 15 is 0 Å². The first-order chi connectivity index (χ1) is 9.40. The highest BCUT2D eigenvalue weighted by molar-refractivity contribution is 9.09. The molecule has 20 heavy (non-hydrogen) atoms. The minimum absolute atomic E-state index is 0.0728. The van der Waals surface area contributed by atoms with Gasteiger partial charge in [0.25, 0.3) is 0 Å².